The Morgan fingerprint density at radius 2 is 1.54 bits per heavy atom. The minimum absolute atomic E-state index is 0. The Morgan fingerprint density at radius 1 is 0.958 bits per heavy atom. The van der Waals surface area contributed by atoms with Crippen molar-refractivity contribution in [2.45, 2.75) is 41.5 Å². The average Bonchev–Trinajstić information content (AvgIpc) is 2.91. The quantitative estimate of drug-likeness (QED) is 0.461. The fraction of sp³-hybridized carbons (Fsp3) is 0.333. The van der Waals surface area contributed by atoms with Crippen molar-refractivity contribution in [2.24, 2.45) is 5.92 Å². The molecule has 1 aromatic rings. The van der Waals surface area contributed by atoms with E-state index in [2.05, 4.69) is 71.9 Å². The zero-order valence-corrected chi connectivity index (χ0v) is 18.2. The number of hydrogen-bond acceptors (Lipinski definition) is 0. The van der Waals surface area contributed by atoms with Crippen LogP contribution in [-0.4, -0.2) is 0 Å². The van der Waals surface area contributed by atoms with Crippen LogP contribution in [0.15, 0.2) is 57.7 Å². The molecule has 3 rings (SSSR count). The fourth-order valence-electron chi connectivity index (χ4n) is 3.63. The van der Waals surface area contributed by atoms with E-state index in [1.165, 1.54) is 50.1 Å². The summed E-state index contributed by atoms with van der Waals surface area (Å²) in [5.41, 5.74) is 12.5. The average molecular weight is 394 g/mol. The van der Waals surface area contributed by atoms with Crippen LogP contribution in [0.2, 0.25) is 0 Å². The van der Waals surface area contributed by atoms with Gasteiger partial charge in [0, 0.05) is 0 Å². The summed E-state index contributed by atoms with van der Waals surface area (Å²) in [6.45, 7) is 13.5. The van der Waals surface area contributed by atoms with E-state index in [4.69, 9.17) is 0 Å². The Kier molecular flexibility index (Phi) is 8.53. The van der Waals surface area contributed by atoms with Gasteiger partial charge in [0.1, 0.15) is 0 Å². The minimum Gasteiger partial charge on any atom is -1.00 e. The first-order valence-corrected chi connectivity index (χ1v) is 7.73. The maximum atomic E-state index is 3.68. The largest absolute Gasteiger partial charge is 3.00 e. The molecule has 0 spiro atoms. The van der Waals surface area contributed by atoms with Crippen LogP contribution < -0.4 is 24.8 Å². The van der Waals surface area contributed by atoms with Gasteiger partial charge < -0.3 is 24.8 Å². The van der Waals surface area contributed by atoms with E-state index in [1.54, 1.807) is 0 Å². The van der Waals surface area contributed by atoms with E-state index >= 15 is 0 Å². The summed E-state index contributed by atoms with van der Waals surface area (Å²) in [4.78, 5) is 0. The second-order valence-electron chi connectivity index (χ2n) is 6.49. The zero-order chi connectivity index (χ0) is 15.3. The standard InChI is InChI=1S/C21H23.2ClH.Ti/c1-12(2)20-18-10-8-7-9-17(18)11-19(20)21-15(5)13(3)14(4)16(21)6;;;/h7-10,15H,1-6H3;2*1H;/q-1;;;+3/p-2. The summed E-state index contributed by atoms with van der Waals surface area (Å²) in [7, 11) is 0. The second kappa shape index (κ2) is 8.72. The summed E-state index contributed by atoms with van der Waals surface area (Å²) in [5.74, 6) is 0.496. The van der Waals surface area contributed by atoms with Crippen molar-refractivity contribution >= 4 is 5.57 Å². The predicted octanol–water partition coefficient (Wildman–Crippen LogP) is -0.121. The molecule has 0 saturated heterocycles. The zero-order valence-electron chi connectivity index (χ0n) is 15.1. The van der Waals surface area contributed by atoms with E-state index in [9.17, 15) is 0 Å². The van der Waals surface area contributed by atoms with Crippen molar-refractivity contribution in [1.29, 1.82) is 0 Å². The molecule has 0 bridgehead atoms. The maximum absolute atomic E-state index is 3.68. The number of benzene rings is 1. The van der Waals surface area contributed by atoms with Gasteiger partial charge in [-0.25, -0.2) is 0 Å². The molecular weight excluding hydrogens is 371 g/mol. The molecule has 1 radical (unpaired) electrons. The van der Waals surface area contributed by atoms with Gasteiger partial charge in [-0.15, -0.1) is 40.0 Å². The van der Waals surface area contributed by atoms with Crippen LogP contribution in [0.3, 0.4) is 0 Å². The molecule has 0 amide bonds. The Balaban J connectivity index is 0.00000176. The Morgan fingerprint density at radius 3 is 2.04 bits per heavy atom. The Labute approximate surface area is 173 Å². The van der Waals surface area contributed by atoms with Gasteiger partial charge >= 0.3 is 21.7 Å². The van der Waals surface area contributed by atoms with Crippen molar-refractivity contribution in [1.82, 2.24) is 0 Å². The van der Waals surface area contributed by atoms with Crippen LogP contribution >= 0.6 is 0 Å². The smallest absolute Gasteiger partial charge is 1.00 e. The molecule has 2 aliphatic carbocycles. The molecule has 1 unspecified atom stereocenters. The fourth-order valence-corrected chi connectivity index (χ4v) is 3.63. The molecule has 1 atom stereocenters. The van der Waals surface area contributed by atoms with E-state index in [0.717, 1.165) is 0 Å². The van der Waals surface area contributed by atoms with Crippen molar-refractivity contribution in [3.05, 3.63) is 74.9 Å². The van der Waals surface area contributed by atoms with Crippen LogP contribution in [0, 0.1) is 12.0 Å². The number of hydrogen-bond donors (Lipinski definition) is 0. The molecule has 0 aliphatic heterocycles. The van der Waals surface area contributed by atoms with Crippen molar-refractivity contribution in [3.63, 3.8) is 0 Å². The summed E-state index contributed by atoms with van der Waals surface area (Å²) < 4.78 is 0. The Bertz CT molecular complexity index is 760. The van der Waals surface area contributed by atoms with Gasteiger partial charge in [-0.05, 0) is 26.7 Å². The number of allylic oxidation sites excluding steroid dienone is 7. The molecule has 0 aromatic heterocycles. The topological polar surface area (TPSA) is 0 Å². The summed E-state index contributed by atoms with van der Waals surface area (Å²) in [5, 5.41) is 0. The van der Waals surface area contributed by atoms with Gasteiger partial charge in [0.15, 0.2) is 0 Å². The maximum Gasteiger partial charge on any atom is 3.00 e. The Hall–Kier alpha value is -0.526. The molecular formula is C21H23Cl2Ti. The van der Waals surface area contributed by atoms with Crippen molar-refractivity contribution < 1.29 is 46.5 Å². The van der Waals surface area contributed by atoms with Crippen LogP contribution in [-0.2, 0) is 21.7 Å². The molecule has 0 fully saturated rings. The van der Waals surface area contributed by atoms with Gasteiger partial charge in [-0.1, -0.05) is 61.3 Å². The SMILES string of the molecule is CC(C)=C1C(C2=C(C)C(C)=C(C)C2C)=[C-]c2ccccc21.[Cl-].[Cl-].[Ti+3]. The third-order valence-corrected chi connectivity index (χ3v) is 5.12. The normalized spacial score (nSPS) is 18.5. The van der Waals surface area contributed by atoms with Gasteiger partial charge in [0.25, 0.3) is 0 Å². The van der Waals surface area contributed by atoms with Crippen LogP contribution in [0.25, 0.3) is 5.57 Å². The third-order valence-electron chi connectivity index (χ3n) is 5.12. The molecule has 1 aromatic carbocycles. The van der Waals surface area contributed by atoms with E-state index in [-0.39, 0.29) is 46.5 Å². The number of halogens is 2. The van der Waals surface area contributed by atoms with E-state index in [1.807, 2.05) is 0 Å². The summed E-state index contributed by atoms with van der Waals surface area (Å²) in [6, 6.07) is 8.63. The molecule has 125 valence electrons. The molecule has 24 heavy (non-hydrogen) atoms. The first-order chi connectivity index (χ1) is 9.93. The predicted molar refractivity (Wildman–Crippen MR) is 90.8 cm³/mol. The van der Waals surface area contributed by atoms with Crippen LogP contribution in [0.1, 0.15) is 52.7 Å². The van der Waals surface area contributed by atoms with E-state index < -0.39 is 0 Å². The second-order valence-corrected chi connectivity index (χ2v) is 6.49. The van der Waals surface area contributed by atoms with Crippen molar-refractivity contribution in [2.75, 3.05) is 0 Å². The first kappa shape index (κ1) is 23.5. The molecule has 2 aliphatic rings. The third kappa shape index (κ3) is 3.53. The number of rotatable bonds is 1. The molecule has 0 nitrogen and oxygen atoms in total. The van der Waals surface area contributed by atoms with Gasteiger partial charge in [0.2, 0.25) is 0 Å². The van der Waals surface area contributed by atoms with E-state index in [0.29, 0.717) is 5.92 Å². The van der Waals surface area contributed by atoms with Gasteiger partial charge in [-0.3, -0.25) is 0 Å². The van der Waals surface area contributed by atoms with Crippen LogP contribution in [0.5, 0.6) is 0 Å². The molecule has 3 heteroatoms. The monoisotopic (exact) mass is 393 g/mol. The van der Waals surface area contributed by atoms with Gasteiger partial charge in [-0.2, -0.15) is 0 Å². The number of fused-ring (bicyclic) bond motifs is 1. The summed E-state index contributed by atoms with van der Waals surface area (Å²) >= 11 is 0. The summed E-state index contributed by atoms with van der Waals surface area (Å²) in [6.07, 6.45) is 3.68. The van der Waals surface area contributed by atoms with Crippen molar-refractivity contribution in [3.8, 4) is 0 Å². The molecule has 0 heterocycles. The molecule has 0 saturated carbocycles. The van der Waals surface area contributed by atoms with Crippen LogP contribution in [0.4, 0.5) is 0 Å². The first-order valence-electron chi connectivity index (χ1n) is 7.73. The van der Waals surface area contributed by atoms with Gasteiger partial charge in [0.05, 0.1) is 0 Å². The molecule has 0 N–H and O–H groups in total. The minimum atomic E-state index is 0.